The van der Waals surface area contributed by atoms with Crippen LogP contribution in [-0.2, 0) is 21.2 Å². The van der Waals surface area contributed by atoms with Gasteiger partial charge in [-0.2, -0.15) is 0 Å². The fraction of sp³-hybridized carbons (Fsp3) is 0.0667. The lowest BCUT2D eigenvalue weighted by Gasteiger charge is -2.08. The Morgan fingerprint density at radius 3 is 2.43 bits per heavy atom. The second-order valence-corrected chi connectivity index (χ2v) is 6.32. The van der Waals surface area contributed by atoms with Crippen molar-refractivity contribution in [3.05, 3.63) is 59.7 Å². The number of aromatic carboxylic acids is 1. The number of amides is 1. The molecule has 0 saturated carbocycles. The van der Waals surface area contributed by atoms with Crippen molar-refractivity contribution in [3.8, 4) is 0 Å². The van der Waals surface area contributed by atoms with Gasteiger partial charge in [-0.1, -0.05) is 24.3 Å². The third-order valence-electron chi connectivity index (χ3n) is 3.05. The van der Waals surface area contributed by atoms with E-state index in [1.165, 1.54) is 30.3 Å². The average molecular weight is 334 g/mol. The van der Waals surface area contributed by atoms with Crippen LogP contribution in [0.4, 0.5) is 5.69 Å². The molecule has 0 aliphatic rings. The van der Waals surface area contributed by atoms with Gasteiger partial charge in [0.25, 0.3) is 0 Å². The highest BCUT2D eigenvalue weighted by Crippen LogP contribution is 2.15. The van der Waals surface area contributed by atoms with Crippen LogP contribution in [-0.4, -0.2) is 25.4 Å². The number of primary sulfonamides is 1. The molecule has 2 aromatic rings. The maximum Gasteiger partial charge on any atom is 0.335 e. The molecule has 23 heavy (non-hydrogen) atoms. The van der Waals surface area contributed by atoms with Gasteiger partial charge in [0.15, 0.2) is 0 Å². The van der Waals surface area contributed by atoms with E-state index in [-0.39, 0.29) is 22.6 Å². The molecule has 4 N–H and O–H groups in total. The van der Waals surface area contributed by atoms with E-state index in [1.807, 2.05) is 0 Å². The van der Waals surface area contributed by atoms with Crippen LogP contribution >= 0.6 is 0 Å². The molecule has 0 radical (unpaired) electrons. The minimum atomic E-state index is -3.87. The Morgan fingerprint density at radius 2 is 1.78 bits per heavy atom. The quantitative estimate of drug-likeness (QED) is 0.757. The highest BCUT2D eigenvalue weighted by atomic mass is 32.2. The van der Waals surface area contributed by atoms with Gasteiger partial charge in [-0.25, -0.2) is 18.4 Å². The maximum atomic E-state index is 12.0. The van der Waals surface area contributed by atoms with Crippen LogP contribution in [0.1, 0.15) is 15.9 Å². The monoisotopic (exact) mass is 334 g/mol. The van der Waals surface area contributed by atoms with Crippen molar-refractivity contribution >= 4 is 27.6 Å². The van der Waals surface area contributed by atoms with Crippen molar-refractivity contribution in [2.75, 3.05) is 5.32 Å². The fourth-order valence-corrected chi connectivity index (χ4v) is 2.57. The Labute approximate surface area is 132 Å². The van der Waals surface area contributed by atoms with Gasteiger partial charge in [0.2, 0.25) is 15.9 Å². The molecule has 8 heteroatoms. The number of rotatable bonds is 5. The lowest BCUT2D eigenvalue weighted by molar-refractivity contribution is -0.115. The van der Waals surface area contributed by atoms with Crippen LogP contribution in [0.5, 0.6) is 0 Å². The van der Waals surface area contributed by atoms with Crippen LogP contribution in [0.2, 0.25) is 0 Å². The molecule has 7 nitrogen and oxygen atoms in total. The molecule has 0 heterocycles. The second-order valence-electron chi connectivity index (χ2n) is 4.76. The molecule has 1 amide bonds. The van der Waals surface area contributed by atoms with Crippen LogP contribution in [0.15, 0.2) is 53.4 Å². The van der Waals surface area contributed by atoms with Crippen molar-refractivity contribution in [2.24, 2.45) is 5.14 Å². The van der Waals surface area contributed by atoms with Gasteiger partial charge in [0, 0.05) is 5.69 Å². The number of hydrogen-bond acceptors (Lipinski definition) is 4. The first-order chi connectivity index (χ1) is 10.8. The number of sulfonamides is 1. The summed E-state index contributed by atoms with van der Waals surface area (Å²) in [5.41, 5.74) is 0.662. The number of benzene rings is 2. The van der Waals surface area contributed by atoms with E-state index < -0.39 is 21.9 Å². The van der Waals surface area contributed by atoms with Crippen molar-refractivity contribution in [3.63, 3.8) is 0 Å². The van der Waals surface area contributed by atoms with Gasteiger partial charge >= 0.3 is 5.97 Å². The average Bonchev–Trinajstić information content (AvgIpc) is 2.46. The molecule has 0 spiro atoms. The topological polar surface area (TPSA) is 127 Å². The normalized spacial score (nSPS) is 11.0. The van der Waals surface area contributed by atoms with E-state index >= 15 is 0 Å². The minimum absolute atomic E-state index is 0.0425. The number of anilines is 1. The first-order valence-electron chi connectivity index (χ1n) is 6.51. The van der Waals surface area contributed by atoms with E-state index in [9.17, 15) is 18.0 Å². The van der Waals surface area contributed by atoms with Crippen LogP contribution in [0.3, 0.4) is 0 Å². The van der Waals surface area contributed by atoms with Gasteiger partial charge in [0.05, 0.1) is 16.9 Å². The summed E-state index contributed by atoms with van der Waals surface area (Å²) in [5, 5.41) is 16.6. The zero-order valence-corrected chi connectivity index (χ0v) is 12.7. The number of carbonyl (C=O) groups excluding carboxylic acids is 1. The van der Waals surface area contributed by atoms with E-state index in [1.54, 1.807) is 18.2 Å². The molecule has 2 aromatic carbocycles. The van der Waals surface area contributed by atoms with E-state index in [0.29, 0.717) is 5.56 Å². The summed E-state index contributed by atoms with van der Waals surface area (Å²) >= 11 is 0. The summed E-state index contributed by atoms with van der Waals surface area (Å²) in [4.78, 5) is 23.0. The molecule has 0 saturated heterocycles. The first-order valence-corrected chi connectivity index (χ1v) is 8.06. The number of carboxylic acid groups (broad SMARTS) is 1. The lowest BCUT2D eigenvalue weighted by Crippen LogP contribution is -2.17. The third kappa shape index (κ3) is 4.38. The van der Waals surface area contributed by atoms with Gasteiger partial charge < -0.3 is 10.4 Å². The predicted octanol–water partition coefficient (Wildman–Crippen LogP) is 1.21. The Kier molecular flexibility index (Phi) is 4.77. The van der Waals surface area contributed by atoms with E-state index in [2.05, 4.69) is 5.32 Å². The Morgan fingerprint density at radius 1 is 1.09 bits per heavy atom. The number of carboxylic acids is 1. The molecule has 120 valence electrons. The summed E-state index contributed by atoms with van der Waals surface area (Å²) < 4.78 is 22.6. The van der Waals surface area contributed by atoms with Gasteiger partial charge in [-0.3, -0.25) is 4.79 Å². The zero-order chi connectivity index (χ0) is 17.0. The molecule has 0 aromatic heterocycles. The smallest absolute Gasteiger partial charge is 0.335 e. The molecule has 0 unspecified atom stereocenters. The number of carbonyl (C=O) groups is 2. The van der Waals surface area contributed by atoms with E-state index in [0.717, 1.165) is 0 Å². The minimum Gasteiger partial charge on any atom is -0.478 e. The maximum absolute atomic E-state index is 12.0. The first kappa shape index (κ1) is 16.7. The molecule has 0 aliphatic carbocycles. The SMILES string of the molecule is NS(=O)(=O)c1cccc(NC(=O)Cc2ccccc2C(=O)O)c1. The van der Waals surface area contributed by atoms with Crippen molar-refractivity contribution in [1.82, 2.24) is 0 Å². The second kappa shape index (κ2) is 6.59. The van der Waals surface area contributed by atoms with Crippen molar-refractivity contribution in [2.45, 2.75) is 11.3 Å². The molecular weight excluding hydrogens is 320 g/mol. The largest absolute Gasteiger partial charge is 0.478 e. The predicted molar refractivity (Wildman–Crippen MR) is 83.6 cm³/mol. The van der Waals surface area contributed by atoms with Crippen molar-refractivity contribution < 1.29 is 23.1 Å². The highest BCUT2D eigenvalue weighted by Gasteiger charge is 2.13. The summed E-state index contributed by atoms with van der Waals surface area (Å²) in [6.07, 6.45) is -0.151. The highest BCUT2D eigenvalue weighted by molar-refractivity contribution is 7.89. The summed E-state index contributed by atoms with van der Waals surface area (Å²) in [6.45, 7) is 0. The van der Waals surface area contributed by atoms with Gasteiger partial charge in [-0.15, -0.1) is 0 Å². The Hall–Kier alpha value is -2.71. The summed E-state index contributed by atoms with van der Waals surface area (Å²) in [6, 6.07) is 11.7. The molecular formula is C15H14N2O5S. The fourth-order valence-electron chi connectivity index (χ4n) is 2.01. The van der Waals surface area contributed by atoms with Crippen LogP contribution < -0.4 is 10.5 Å². The molecule has 0 atom stereocenters. The third-order valence-corrected chi connectivity index (χ3v) is 3.96. The summed E-state index contributed by atoms with van der Waals surface area (Å²) in [5.74, 6) is -1.59. The Bertz CT molecular complexity index is 862. The number of hydrogen-bond donors (Lipinski definition) is 3. The zero-order valence-electron chi connectivity index (χ0n) is 11.9. The lowest BCUT2D eigenvalue weighted by atomic mass is 10.0. The molecule has 2 rings (SSSR count). The molecule has 0 aliphatic heterocycles. The molecule has 0 bridgehead atoms. The standard InChI is InChI=1S/C15H14N2O5S/c16-23(21,22)12-6-3-5-11(9-12)17-14(18)8-10-4-1-2-7-13(10)15(19)20/h1-7,9H,8H2,(H,17,18)(H,19,20)(H2,16,21,22). The number of nitrogens with one attached hydrogen (secondary N) is 1. The van der Waals surface area contributed by atoms with Crippen molar-refractivity contribution in [1.29, 1.82) is 0 Å². The molecule has 0 fully saturated rings. The van der Waals surface area contributed by atoms with E-state index in [4.69, 9.17) is 10.2 Å². The number of nitrogens with two attached hydrogens (primary N) is 1. The van der Waals surface area contributed by atoms with Gasteiger partial charge in [-0.05, 0) is 29.8 Å². The van der Waals surface area contributed by atoms with Crippen LogP contribution in [0, 0.1) is 0 Å². The summed E-state index contributed by atoms with van der Waals surface area (Å²) in [7, 11) is -3.87. The van der Waals surface area contributed by atoms with Crippen LogP contribution in [0.25, 0.3) is 0 Å². The Balaban J connectivity index is 2.17. The van der Waals surface area contributed by atoms with Gasteiger partial charge in [0.1, 0.15) is 0 Å².